The second-order valence-electron chi connectivity index (χ2n) is 6.84. The molecule has 0 aromatic heterocycles. The number of benzene rings is 3. The summed E-state index contributed by atoms with van der Waals surface area (Å²) in [6.45, 7) is 2.48. The normalized spacial score (nSPS) is 12.9. The summed E-state index contributed by atoms with van der Waals surface area (Å²) in [5.74, 6) is 0.294. The van der Waals surface area contributed by atoms with Crippen molar-refractivity contribution in [2.75, 3.05) is 16.8 Å². The lowest BCUT2D eigenvalue weighted by Crippen LogP contribution is -2.38. The van der Waals surface area contributed by atoms with Crippen LogP contribution in [0.4, 0.5) is 11.4 Å². The van der Waals surface area contributed by atoms with Gasteiger partial charge >= 0.3 is 0 Å². The van der Waals surface area contributed by atoms with Crippen molar-refractivity contribution in [1.82, 2.24) is 0 Å². The van der Waals surface area contributed by atoms with Crippen molar-refractivity contribution in [2.45, 2.75) is 13.5 Å². The summed E-state index contributed by atoms with van der Waals surface area (Å²) in [5, 5.41) is 2.89. The van der Waals surface area contributed by atoms with Crippen molar-refractivity contribution in [2.24, 2.45) is 0 Å². The fraction of sp³-hybridized carbons (Fsp3) is 0.130. The van der Waals surface area contributed by atoms with E-state index in [1.807, 2.05) is 43.3 Å². The Balaban J connectivity index is 1.61. The maximum Gasteiger partial charge on any atom is 0.265 e. The van der Waals surface area contributed by atoms with Crippen LogP contribution in [-0.2, 0) is 11.3 Å². The fourth-order valence-electron chi connectivity index (χ4n) is 3.22. The Hall–Kier alpha value is -3.12. The first kappa shape index (κ1) is 19.2. The van der Waals surface area contributed by atoms with Crippen LogP contribution in [0.3, 0.4) is 0 Å². The van der Waals surface area contributed by atoms with Gasteiger partial charge in [-0.15, -0.1) is 0 Å². The highest BCUT2D eigenvalue weighted by atomic mass is 79.9. The molecule has 1 N–H and O–H groups in total. The minimum absolute atomic E-state index is 0.00345. The Morgan fingerprint density at radius 3 is 2.62 bits per heavy atom. The number of carbonyl (C=O) groups excluding carboxylic acids is 2. The second-order valence-corrected chi connectivity index (χ2v) is 7.75. The van der Waals surface area contributed by atoms with Crippen LogP contribution in [0.15, 0.2) is 71.2 Å². The van der Waals surface area contributed by atoms with Crippen LogP contribution in [0.2, 0.25) is 0 Å². The third kappa shape index (κ3) is 4.17. The van der Waals surface area contributed by atoms with Crippen molar-refractivity contribution in [3.8, 4) is 5.75 Å². The average Bonchev–Trinajstić information content (AvgIpc) is 2.72. The summed E-state index contributed by atoms with van der Waals surface area (Å²) in [6.07, 6.45) is 0. The number of hydrogen-bond acceptors (Lipinski definition) is 3. The SMILES string of the molecule is Cc1ccccc1CN1C(=O)COc2ccc(NC(=O)c3ccc(Br)cc3)cc21. The van der Waals surface area contributed by atoms with E-state index in [4.69, 9.17) is 4.74 Å². The van der Waals surface area contributed by atoms with Gasteiger partial charge in [-0.25, -0.2) is 0 Å². The highest BCUT2D eigenvalue weighted by Crippen LogP contribution is 2.36. The zero-order valence-electron chi connectivity index (χ0n) is 15.8. The summed E-state index contributed by atoms with van der Waals surface area (Å²) in [6, 6.07) is 20.4. The number of anilines is 2. The number of rotatable bonds is 4. The summed E-state index contributed by atoms with van der Waals surface area (Å²) < 4.78 is 6.49. The molecule has 3 aromatic rings. The molecule has 3 aromatic carbocycles. The number of nitrogens with one attached hydrogen (secondary N) is 1. The van der Waals surface area contributed by atoms with Gasteiger partial charge in [-0.1, -0.05) is 40.2 Å². The number of ether oxygens (including phenoxy) is 1. The molecule has 0 unspecified atom stereocenters. The van der Waals surface area contributed by atoms with E-state index in [1.54, 1.807) is 35.2 Å². The smallest absolute Gasteiger partial charge is 0.265 e. The van der Waals surface area contributed by atoms with E-state index in [-0.39, 0.29) is 18.4 Å². The number of amides is 2. The van der Waals surface area contributed by atoms with Crippen LogP contribution in [-0.4, -0.2) is 18.4 Å². The molecule has 1 aliphatic rings. The fourth-order valence-corrected chi connectivity index (χ4v) is 3.48. The molecule has 0 atom stereocenters. The average molecular weight is 451 g/mol. The maximum atomic E-state index is 12.6. The Labute approximate surface area is 177 Å². The summed E-state index contributed by atoms with van der Waals surface area (Å²) in [4.78, 5) is 26.8. The molecule has 5 nitrogen and oxygen atoms in total. The molecular weight excluding hydrogens is 432 g/mol. The first-order valence-electron chi connectivity index (χ1n) is 9.20. The van der Waals surface area contributed by atoms with Gasteiger partial charge in [-0.05, 0) is 60.5 Å². The van der Waals surface area contributed by atoms with E-state index in [2.05, 4.69) is 21.2 Å². The predicted molar refractivity (Wildman–Crippen MR) is 116 cm³/mol. The molecule has 0 radical (unpaired) electrons. The molecular formula is C23H19BrN2O3. The predicted octanol–water partition coefficient (Wildman–Crippen LogP) is 4.94. The van der Waals surface area contributed by atoms with Crippen molar-refractivity contribution < 1.29 is 14.3 Å². The number of fused-ring (bicyclic) bond motifs is 1. The van der Waals surface area contributed by atoms with Gasteiger partial charge in [-0.2, -0.15) is 0 Å². The number of carbonyl (C=O) groups is 2. The van der Waals surface area contributed by atoms with Gasteiger partial charge in [0.25, 0.3) is 11.8 Å². The van der Waals surface area contributed by atoms with Gasteiger partial charge in [0.05, 0.1) is 12.2 Å². The van der Waals surface area contributed by atoms with Crippen molar-refractivity contribution >= 4 is 39.1 Å². The Bertz CT molecular complexity index is 1080. The molecule has 0 spiro atoms. The van der Waals surface area contributed by atoms with E-state index in [1.165, 1.54) is 0 Å². The molecule has 0 aliphatic carbocycles. The van der Waals surface area contributed by atoms with Gasteiger partial charge in [0.2, 0.25) is 0 Å². The maximum absolute atomic E-state index is 12.6. The van der Waals surface area contributed by atoms with E-state index < -0.39 is 0 Å². The molecule has 1 heterocycles. The van der Waals surface area contributed by atoms with Gasteiger partial charge in [0.15, 0.2) is 6.61 Å². The second kappa shape index (κ2) is 8.09. The zero-order chi connectivity index (χ0) is 20.4. The standard InChI is InChI=1S/C23H19BrN2O3/c1-15-4-2-3-5-17(15)13-26-20-12-19(10-11-21(20)29-14-22(26)27)25-23(28)16-6-8-18(24)9-7-16/h2-12H,13-14H2,1H3,(H,25,28). The highest BCUT2D eigenvalue weighted by Gasteiger charge is 2.26. The molecule has 0 saturated carbocycles. The van der Waals surface area contributed by atoms with Crippen molar-refractivity contribution in [3.05, 3.63) is 87.9 Å². The minimum atomic E-state index is -0.217. The molecule has 0 saturated heterocycles. The van der Waals surface area contributed by atoms with Gasteiger partial charge < -0.3 is 15.0 Å². The number of aryl methyl sites for hydroxylation is 1. The monoisotopic (exact) mass is 450 g/mol. The lowest BCUT2D eigenvalue weighted by molar-refractivity contribution is -0.121. The third-order valence-corrected chi connectivity index (χ3v) is 5.38. The van der Waals surface area contributed by atoms with Crippen molar-refractivity contribution in [1.29, 1.82) is 0 Å². The topological polar surface area (TPSA) is 58.6 Å². The highest BCUT2D eigenvalue weighted by molar-refractivity contribution is 9.10. The number of nitrogens with zero attached hydrogens (tertiary/aromatic N) is 1. The molecule has 29 heavy (non-hydrogen) atoms. The van der Waals surface area contributed by atoms with Gasteiger partial charge in [0.1, 0.15) is 5.75 Å². The number of hydrogen-bond donors (Lipinski definition) is 1. The van der Waals surface area contributed by atoms with E-state index in [9.17, 15) is 9.59 Å². The molecule has 2 amide bonds. The quantitative estimate of drug-likeness (QED) is 0.612. The van der Waals surface area contributed by atoms with Crippen LogP contribution >= 0.6 is 15.9 Å². The summed E-state index contributed by atoms with van der Waals surface area (Å²) in [7, 11) is 0. The van der Waals surface area contributed by atoms with Crippen LogP contribution in [0.1, 0.15) is 21.5 Å². The Morgan fingerprint density at radius 2 is 1.86 bits per heavy atom. The van der Waals surface area contributed by atoms with E-state index in [0.29, 0.717) is 29.2 Å². The lowest BCUT2D eigenvalue weighted by atomic mass is 10.1. The van der Waals surface area contributed by atoms with Crippen LogP contribution < -0.4 is 15.0 Å². The molecule has 6 heteroatoms. The molecule has 146 valence electrons. The molecule has 0 bridgehead atoms. The van der Waals surface area contributed by atoms with Crippen LogP contribution in [0.5, 0.6) is 5.75 Å². The van der Waals surface area contributed by atoms with Crippen LogP contribution in [0.25, 0.3) is 0 Å². The van der Waals surface area contributed by atoms with Gasteiger partial charge in [-0.3, -0.25) is 9.59 Å². The van der Waals surface area contributed by atoms with E-state index >= 15 is 0 Å². The van der Waals surface area contributed by atoms with Crippen molar-refractivity contribution in [3.63, 3.8) is 0 Å². The third-order valence-electron chi connectivity index (χ3n) is 4.86. The molecule has 4 rings (SSSR count). The Morgan fingerprint density at radius 1 is 1.10 bits per heavy atom. The van der Waals surface area contributed by atoms with E-state index in [0.717, 1.165) is 15.6 Å². The van der Waals surface area contributed by atoms with Gasteiger partial charge in [0, 0.05) is 15.7 Å². The first-order chi connectivity index (χ1) is 14.0. The largest absolute Gasteiger partial charge is 0.482 e. The lowest BCUT2D eigenvalue weighted by Gasteiger charge is -2.30. The summed E-state index contributed by atoms with van der Waals surface area (Å²) >= 11 is 3.36. The molecule has 0 fully saturated rings. The minimum Gasteiger partial charge on any atom is -0.482 e. The first-order valence-corrected chi connectivity index (χ1v) is 9.99. The molecule has 1 aliphatic heterocycles. The summed E-state index contributed by atoms with van der Waals surface area (Å²) in [5.41, 5.74) is 3.99. The zero-order valence-corrected chi connectivity index (χ0v) is 17.4. The Kier molecular flexibility index (Phi) is 5.36. The number of halogens is 1. The van der Waals surface area contributed by atoms with Crippen LogP contribution in [0, 0.1) is 6.92 Å².